The van der Waals surface area contributed by atoms with Crippen molar-refractivity contribution in [3.05, 3.63) is 107 Å². The summed E-state index contributed by atoms with van der Waals surface area (Å²) in [7, 11) is 1.38. The van der Waals surface area contributed by atoms with Gasteiger partial charge < -0.3 is 24.8 Å². The fourth-order valence-electron chi connectivity index (χ4n) is 5.54. The summed E-state index contributed by atoms with van der Waals surface area (Å²) in [6.45, 7) is 9.86. The number of rotatable bonds is 7. The number of hydrogen-bond donors (Lipinski definition) is 2. The van der Waals surface area contributed by atoms with E-state index in [1.54, 1.807) is 12.3 Å². The van der Waals surface area contributed by atoms with Crippen molar-refractivity contribution >= 4 is 40.6 Å². The van der Waals surface area contributed by atoms with Crippen molar-refractivity contribution in [2.75, 3.05) is 17.3 Å². The molecule has 1 amide bonds. The summed E-state index contributed by atoms with van der Waals surface area (Å²) < 4.78 is 7.10. The van der Waals surface area contributed by atoms with Crippen LogP contribution in [0, 0.1) is 26.7 Å². The molecule has 0 bridgehead atoms. The predicted molar refractivity (Wildman–Crippen MR) is 169 cm³/mol. The van der Waals surface area contributed by atoms with E-state index in [4.69, 9.17) is 17.0 Å². The highest BCUT2D eigenvalue weighted by Gasteiger charge is 2.42. The number of nitrogens with zero attached hydrogens (tertiary/aromatic N) is 3. The van der Waals surface area contributed by atoms with Gasteiger partial charge >= 0.3 is 5.97 Å². The van der Waals surface area contributed by atoms with Crippen LogP contribution < -0.4 is 15.5 Å². The number of nitrogens with one attached hydrogen (secondary N) is 2. The van der Waals surface area contributed by atoms with Crippen LogP contribution in [0.1, 0.15) is 64.5 Å². The topological polar surface area (TPSA) is 88.5 Å². The van der Waals surface area contributed by atoms with Gasteiger partial charge in [-0.15, -0.1) is 0 Å². The molecule has 0 spiro atoms. The first kappa shape index (κ1) is 29.0. The second-order valence-electron chi connectivity index (χ2n) is 10.8. The summed E-state index contributed by atoms with van der Waals surface area (Å²) in [5.74, 6) is -0.526. The zero-order valence-electron chi connectivity index (χ0n) is 24.6. The molecule has 0 unspecified atom stereocenters. The minimum absolute atomic E-state index is 0.0268. The van der Waals surface area contributed by atoms with Gasteiger partial charge in [-0.3, -0.25) is 9.78 Å². The van der Waals surface area contributed by atoms with Crippen LogP contribution in [-0.4, -0.2) is 33.6 Å². The van der Waals surface area contributed by atoms with Gasteiger partial charge in [-0.2, -0.15) is 0 Å². The van der Waals surface area contributed by atoms with Crippen LogP contribution in [0.4, 0.5) is 11.4 Å². The Bertz CT molecular complexity index is 1660. The number of methoxy groups -OCH3 is 1. The molecule has 5 rings (SSSR count). The lowest BCUT2D eigenvalue weighted by molar-refractivity contribution is -0.118. The molecule has 1 fully saturated rings. The number of esters is 1. The average molecular weight is 582 g/mol. The lowest BCUT2D eigenvalue weighted by Crippen LogP contribution is -2.29. The van der Waals surface area contributed by atoms with E-state index in [0.717, 1.165) is 45.3 Å². The SMILES string of the molecule is COC(=O)c1cccc(-n2c(C)cc([C@@H]3[C@H](c4ccccn4)NC(=S)N3c3ccc(NC(=O)C(C)C)c(C)c3)c2C)c1. The average Bonchev–Trinajstić information content (AvgIpc) is 3.48. The molecule has 2 aromatic carbocycles. The number of aryl methyl sites for hydroxylation is 2. The number of thiocarbonyl (C=S) groups is 1. The number of aromatic nitrogens is 2. The van der Waals surface area contributed by atoms with Gasteiger partial charge in [0.2, 0.25) is 5.91 Å². The molecule has 2 aromatic heterocycles. The molecule has 0 aliphatic carbocycles. The maximum atomic E-state index is 12.4. The monoisotopic (exact) mass is 581 g/mol. The zero-order valence-corrected chi connectivity index (χ0v) is 25.5. The zero-order chi connectivity index (χ0) is 30.1. The van der Waals surface area contributed by atoms with E-state index in [1.165, 1.54) is 7.11 Å². The first-order chi connectivity index (χ1) is 20.1. The third-order valence-corrected chi connectivity index (χ3v) is 8.00. The quantitative estimate of drug-likeness (QED) is 0.194. The molecule has 42 heavy (non-hydrogen) atoms. The van der Waals surface area contributed by atoms with Crippen molar-refractivity contribution in [2.45, 2.75) is 46.7 Å². The highest BCUT2D eigenvalue weighted by molar-refractivity contribution is 7.80. The van der Waals surface area contributed by atoms with E-state index in [-0.39, 0.29) is 29.9 Å². The van der Waals surface area contributed by atoms with Gasteiger partial charge in [-0.1, -0.05) is 26.0 Å². The van der Waals surface area contributed by atoms with E-state index in [2.05, 4.69) is 51.1 Å². The number of carbonyl (C=O) groups is 2. The van der Waals surface area contributed by atoms with E-state index < -0.39 is 0 Å². The molecule has 1 aliphatic heterocycles. The van der Waals surface area contributed by atoms with Gasteiger partial charge in [0.05, 0.1) is 30.5 Å². The number of anilines is 2. The van der Waals surface area contributed by atoms with Crippen LogP contribution in [0.3, 0.4) is 0 Å². The van der Waals surface area contributed by atoms with Crippen molar-refractivity contribution in [1.29, 1.82) is 0 Å². The van der Waals surface area contributed by atoms with Gasteiger partial charge in [0.25, 0.3) is 0 Å². The highest BCUT2D eigenvalue weighted by atomic mass is 32.1. The van der Waals surface area contributed by atoms with E-state index in [0.29, 0.717) is 10.7 Å². The Morgan fingerprint density at radius 3 is 2.45 bits per heavy atom. The molecule has 3 heterocycles. The smallest absolute Gasteiger partial charge is 0.337 e. The molecule has 9 heteroatoms. The van der Waals surface area contributed by atoms with Gasteiger partial charge in [0, 0.05) is 40.6 Å². The summed E-state index contributed by atoms with van der Waals surface area (Å²) in [5.41, 5.74) is 7.98. The molecule has 2 atom stereocenters. The molecule has 1 aliphatic rings. The van der Waals surface area contributed by atoms with Crippen LogP contribution >= 0.6 is 12.2 Å². The second-order valence-corrected chi connectivity index (χ2v) is 11.2. The minimum Gasteiger partial charge on any atom is -0.465 e. The number of ether oxygens (including phenoxy) is 1. The molecular weight excluding hydrogens is 546 g/mol. The lowest BCUT2D eigenvalue weighted by Gasteiger charge is -2.29. The number of hydrogen-bond acceptors (Lipinski definition) is 5. The Balaban J connectivity index is 1.62. The van der Waals surface area contributed by atoms with E-state index in [1.807, 2.05) is 69.3 Å². The minimum atomic E-state index is -0.380. The Kier molecular flexibility index (Phi) is 8.13. The fraction of sp³-hybridized carbons (Fsp3) is 0.273. The Hall–Kier alpha value is -4.50. The molecule has 4 aromatic rings. The maximum absolute atomic E-state index is 12.4. The van der Waals surface area contributed by atoms with Crippen molar-refractivity contribution < 1.29 is 14.3 Å². The lowest BCUT2D eigenvalue weighted by atomic mass is 9.96. The maximum Gasteiger partial charge on any atom is 0.337 e. The number of carbonyl (C=O) groups excluding carboxylic acids is 2. The van der Waals surface area contributed by atoms with Gasteiger partial charge in [-0.25, -0.2) is 4.79 Å². The van der Waals surface area contributed by atoms with Gasteiger partial charge in [0.1, 0.15) is 0 Å². The normalized spacial score (nSPS) is 16.5. The Morgan fingerprint density at radius 2 is 1.79 bits per heavy atom. The Labute approximate surface area is 251 Å². The molecule has 2 N–H and O–H groups in total. The summed E-state index contributed by atoms with van der Waals surface area (Å²) in [6.07, 6.45) is 1.79. The van der Waals surface area contributed by atoms with Gasteiger partial charge in [-0.05, 0) is 98.7 Å². The molecule has 8 nitrogen and oxygen atoms in total. The predicted octanol–water partition coefficient (Wildman–Crippen LogP) is 6.36. The molecule has 0 radical (unpaired) electrons. The van der Waals surface area contributed by atoms with Crippen molar-refractivity contribution in [2.24, 2.45) is 5.92 Å². The molecular formula is C33H35N5O3S. The van der Waals surface area contributed by atoms with Crippen molar-refractivity contribution in [1.82, 2.24) is 14.9 Å². The first-order valence-corrected chi connectivity index (χ1v) is 14.3. The fourth-order valence-corrected chi connectivity index (χ4v) is 5.88. The first-order valence-electron chi connectivity index (χ1n) is 13.9. The second kappa shape index (κ2) is 11.8. The van der Waals surface area contributed by atoms with Crippen LogP contribution in [0.2, 0.25) is 0 Å². The number of pyridine rings is 1. The third kappa shape index (κ3) is 5.39. The van der Waals surface area contributed by atoms with Crippen LogP contribution in [-0.2, 0) is 9.53 Å². The molecule has 0 saturated carbocycles. The van der Waals surface area contributed by atoms with Gasteiger partial charge in [0.15, 0.2) is 5.11 Å². The van der Waals surface area contributed by atoms with Crippen molar-refractivity contribution in [3.8, 4) is 5.69 Å². The van der Waals surface area contributed by atoms with Crippen LogP contribution in [0.25, 0.3) is 5.69 Å². The standard InChI is InChI=1S/C33H35N5O3S/c1-19(2)31(39)35-27-14-13-25(16-20(27)3)38-30(29(36-33(38)42)28-12-7-8-15-34-28)26-17-21(4)37(22(26)5)24-11-9-10-23(18-24)32(40)41-6/h7-19,29-30H,1-6H3,(H,35,39)(H,36,42)/t29-,30+/m0/s1. The van der Waals surface area contributed by atoms with E-state index >= 15 is 0 Å². The summed E-state index contributed by atoms with van der Waals surface area (Å²) in [6, 6.07) is 21.0. The van der Waals surface area contributed by atoms with Crippen LogP contribution in [0.5, 0.6) is 0 Å². The number of amides is 1. The third-order valence-electron chi connectivity index (χ3n) is 7.68. The van der Waals surface area contributed by atoms with Crippen LogP contribution in [0.15, 0.2) is 72.9 Å². The molecule has 216 valence electrons. The van der Waals surface area contributed by atoms with E-state index in [9.17, 15) is 9.59 Å². The molecule has 1 saturated heterocycles. The Morgan fingerprint density at radius 1 is 1.00 bits per heavy atom. The summed E-state index contributed by atoms with van der Waals surface area (Å²) in [4.78, 5) is 31.5. The van der Waals surface area contributed by atoms with Crippen molar-refractivity contribution in [3.63, 3.8) is 0 Å². The largest absolute Gasteiger partial charge is 0.465 e. The summed E-state index contributed by atoms with van der Waals surface area (Å²) in [5, 5.41) is 7.14. The number of benzene rings is 2. The summed E-state index contributed by atoms with van der Waals surface area (Å²) >= 11 is 5.95. The highest BCUT2D eigenvalue weighted by Crippen LogP contribution is 2.44.